The number of likely N-dealkylation sites (tertiary alicyclic amines) is 1. The maximum absolute atomic E-state index is 12.5. The molecule has 0 spiro atoms. The van der Waals surface area contributed by atoms with E-state index in [1.807, 2.05) is 13.0 Å². The maximum atomic E-state index is 12.5. The van der Waals surface area contributed by atoms with E-state index in [2.05, 4.69) is 11.8 Å². The molecule has 0 amide bonds. The minimum atomic E-state index is 0.0818. The number of nitrogens with zero attached hydrogens (tertiary/aromatic N) is 1. The number of Topliss-reactive ketones (excluding diaryl/α,β-unsaturated/α-hetero) is 1. The standard InChI is InChI=1S/C16H22ClNO2/c1-11-4-6-18(7-5-11)10-15(19)13-9-14(17)12(2)8-16(13)20-3/h8-9,11H,4-7,10H2,1-3H3. The summed E-state index contributed by atoms with van der Waals surface area (Å²) < 4.78 is 5.31. The molecule has 4 heteroatoms. The Balaban J connectivity index is 2.11. The molecule has 2 rings (SSSR count). The summed E-state index contributed by atoms with van der Waals surface area (Å²) in [6, 6.07) is 3.55. The molecule has 110 valence electrons. The van der Waals surface area contributed by atoms with Gasteiger partial charge in [-0.1, -0.05) is 18.5 Å². The van der Waals surface area contributed by atoms with Crippen molar-refractivity contribution in [3.8, 4) is 5.75 Å². The third kappa shape index (κ3) is 3.53. The molecule has 0 unspecified atom stereocenters. The molecule has 0 radical (unpaired) electrons. The van der Waals surface area contributed by atoms with Crippen LogP contribution in [0.1, 0.15) is 35.7 Å². The molecular formula is C16H22ClNO2. The van der Waals surface area contributed by atoms with Crippen molar-refractivity contribution in [2.45, 2.75) is 26.7 Å². The topological polar surface area (TPSA) is 29.5 Å². The molecule has 1 aromatic rings. The fraction of sp³-hybridized carbons (Fsp3) is 0.562. The van der Waals surface area contributed by atoms with Gasteiger partial charge in [0.25, 0.3) is 0 Å². The second kappa shape index (κ2) is 6.59. The van der Waals surface area contributed by atoms with Crippen LogP contribution in [0.4, 0.5) is 0 Å². The Kier molecular flexibility index (Phi) is 5.06. The van der Waals surface area contributed by atoms with Crippen molar-refractivity contribution in [3.05, 3.63) is 28.3 Å². The number of ketones is 1. The Labute approximate surface area is 125 Å². The Bertz CT molecular complexity index is 493. The molecule has 0 aliphatic carbocycles. The van der Waals surface area contributed by atoms with Crippen molar-refractivity contribution in [2.75, 3.05) is 26.7 Å². The van der Waals surface area contributed by atoms with Crippen LogP contribution in [0.3, 0.4) is 0 Å². The number of rotatable bonds is 4. The zero-order chi connectivity index (χ0) is 14.7. The maximum Gasteiger partial charge on any atom is 0.180 e. The van der Waals surface area contributed by atoms with Gasteiger partial charge >= 0.3 is 0 Å². The van der Waals surface area contributed by atoms with Crippen molar-refractivity contribution >= 4 is 17.4 Å². The van der Waals surface area contributed by atoms with Gasteiger partial charge in [-0.3, -0.25) is 9.69 Å². The monoisotopic (exact) mass is 295 g/mol. The number of methoxy groups -OCH3 is 1. The zero-order valence-electron chi connectivity index (χ0n) is 12.4. The first kappa shape index (κ1) is 15.3. The molecule has 3 nitrogen and oxygen atoms in total. The highest BCUT2D eigenvalue weighted by Crippen LogP contribution is 2.27. The number of halogens is 1. The number of hydrogen-bond acceptors (Lipinski definition) is 3. The summed E-state index contributed by atoms with van der Waals surface area (Å²) >= 11 is 6.13. The molecule has 0 bridgehead atoms. The van der Waals surface area contributed by atoms with Crippen LogP contribution in [0.5, 0.6) is 5.75 Å². The average molecular weight is 296 g/mol. The lowest BCUT2D eigenvalue weighted by atomic mass is 9.98. The highest BCUT2D eigenvalue weighted by atomic mass is 35.5. The van der Waals surface area contributed by atoms with Crippen LogP contribution in [-0.2, 0) is 0 Å². The fourth-order valence-corrected chi connectivity index (χ4v) is 2.71. The Morgan fingerprint density at radius 3 is 2.65 bits per heavy atom. The van der Waals surface area contributed by atoms with Crippen LogP contribution in [-0.4, -0.2) is 37.4 Å². The predicted octanol–water partition coefficient (Wildman–Crippen LogP) is 3.57. The molecular weight excluding hydrogens is 274 g/mol. The number of carbonyl (C=O) groups is 1. The minimum Gasteiger partial charge on any atom is -0.496 e. The summed E-state index contributed by atoms with van der Waals surface area (Å²) in [5.41, 5.74) is 1.51. The lowest BCUT2D eigenvalue weighted by Gasteiger charge is -2.29. The van der Waals surface area contributed by atoms with Gasteiger partial charge in [-0.05, 0) is 56.5 Å². The van der Waals surface area contributed by atoms with Crippen LogP contribution >= 0.6 is 11.6 Å². The van der Waals surface area contributed by atoms with E-state index >= 15 is 0 Å². The summed E-state index contributed by atoms with van der Waals surface area (Å²) in [5, 5.41) is 0.612. The van der Waals surface area contributed by atoms with Crippen LogP contribution < -0.4 is 4.74 Å². The molecule has 1 aliphatic rings. The van der Waals surface area contributed by atoms with E-state index in [4.69, 9.17) is 16.3 Å². The van der Waals surface area contributed by atoms with Crippen molar-refractivity contribution in [1.29, 1.82) is 0 Å². The van der Waals surface area contributed by atoms with Crippen LogP contribution in [0.25, 0.3) is 0 Å². The van der Waals surface area contributed by atoms with E-state index in [1.54, 1.807) is 13.2 Å². The SMILES string of the molecule is COc1cc(C)c(Cl)cc1C(=O)CN1CCC(C)CC1. The first-order valence-electron chi connectivity index (χ1n) is 7.11. The molecule has 1 saturated heterocycles. The van der Waals surface area contributed by atoms with Gasteiger partial charge in [-0.15, -0.1) is 0 Å². The molecule has 0 N–H and O–H groups in total. The van der Waals surface area contributed by atoms with Gasteiger partial charge in [-0.25, -0.2) is 0 Å². The van der Waals surface area contributed by atoms with E-state index < -0.39 is 0 Å². The van der Waals surface area contributed by atoms with Gasteiger partial charge in [0.2, 0.25) is 0 Å². The first-order chi connectivity index (χ1) is 9.51. The predicted molar refractivity (Wildman–Crippen MR) is 81.9 cm³/mol. The molecule has 0 saturated carbocycles. The minimum absolute atomic E-state index is 0.0818. The third-order valence-corrected chi connectivity index (χ3v) is 4.43. The fourth-order valence-electron chi connectivity index (χ4n) is 2.55. The number of ether oxygens (including phenoxy) is 1. The zero-order valence-corrected chi connectivity index (χ0v) is 13.2. The first-order valence-corrected chi connectivity index (χ1v) is 7.48. The van der Waals surface area contributed by atoms with Gasteiger partial charge in [0, 0.05) is 5.02 Å². The number of hydrogen-bond donors (Lipinski definition) is 0. The van der Waals surface area contributed by atoms with Gasteiger partial charge in [-0.2, -0.15) is 0 Å². The molecule has 20 heavy (non-hydrogen) atoms. The number of aryl methyl sites for hydroxylation is 1. The largest absolute Gasteiger partial charge is 0.496 e. The van der Waals surface area contributed by atoms with E-state index in [0.29, 0.717) is 22.9 Å². The highest BCUT2D eigenvalue weighted by Gasteiger charge is 2.21. The second-order valence-electron chi connectivity index (χ2n) is 5.68. The van der Waals surface area contributed by atoms with E-state index in [1.165, 1.54) is 12.8 Å². The summed E-state index contributed by atoms with van der Waals surface area (Å²) in [5.74, 6) is 1.46. The summed E-state index contributed by atoms with van der Waals surface area (Å²) in [6.07, 6.45) is 2.33. The second-order valence-corrected chi connectivity index (χ2v) is 6.09. The van der Waals surface area contributed by atoms with Gasteiger partial charge in [0.1, 0.15) is 5.75 Å². The summed E-state index contributed by atoms with van der Waals surface area (Å²) in [7, 11) is 1.59. The molecule has 1 aliphatic heterocycles. The van der Waals surface area contributed by atoms with Crippen LogP contribution in [0.15, 0.2) is 12.1 Å². The van der Waals surface area contributed by atoms with Crippen LogP contribution in [0.2, 0.25) is 5.02 Å². The molecule has 0 aromatic heterocycles. The third-order valence-electron chi connectivity index (χ3n) is 4.02. The smallest absolute Gasteiger partial charge is 0.180 e. The van der Waals surface area contributed by atoms with Gasteiger partial charge < -0.3 is 4.74 Å². The van der Waals surface area contributed by atoms with Crippen molar-refractivity contribution in [2.24, 2.45) is 5.92 Å². The number of piperidine rings is 1. The lowest BCUT2D eigenvalue weighted by molar-refractivity contribution is 0.0897. The Hall–Kier alpha value is -1.06. The Morgan fingerprint density at radius 1 is 1.40 bits per heavy atom. The number of benzene rings is 1. The van der Waals surface area contributed by atoms with E-state index in [9.17, 15) is 4.79 Å². The number of carbonyl (C=O) groups excluding carboxylic acids is 1. The van der Waals surface area contributed by atoms with Gasteiger partial charge in [0.05, 0.1) is 19.2 Å². The summed E-state index contributed by atoms with van der Waals surface area (Å²) in [6.45, 7) is 6.61. The van der Waals surface area contributed by atoms with Crippen molar-refractivity contribution in [3.63, 3.8) is 0 Å². The highest BCUT2D eigenvalue weighted by molar-refractivity contribution is 6.31. The van der Waals surface area contributed by atoms with Gasteiger partial charge in [0.15, 0.2) is 5.78 Å². The molecule has 1 heterocycles. The van der Waals surface area contributed by atoms with Crippen molar-refractivity contribution in [1.82, 2.24) is 4.90 Å². The molecule has 0 atom stereocenters. The van der Waals surface area contributed by atoms with Crippen LogP contribution in [0, 0.1) is 12.8 Å². The van der Waals surface area contributed by atoms with Crippen molar-refractivity contribution < 1.29 is 9.53 Å². The quantitative estimate of drug-likeness (QED) is 0.795. The average Bonchev–Trinajstić information content (AvgIpc) is 2.43. The molecule has 1 fully saturated rings. The summed E-state index contributed by atoms with van der Waals surface area (Å²) in [4.78, 5) is 14.7. The molecule has 1 aromatic carbocycles. The van der Waals surface area contributed by atoms with E-state index in [-0.39, 0.29) is 5.78 Å². The van der Waals surface area contributed by atoms with E-state index in [0.717, 1.165) is 24.6 Å². The normalized spacial score (nSPS) is 17.2. The lowest BCUT2D eigenvalue weighted by Crippen LogP contribution is -2.36. The Morgan fingerprint density at radius 2 is 2.05 bits per heavy atom.